The van der Waals surface area contributed by atoms with Gasteiger partial charge in [0.2, 0.25) is 11.8 Å². The molecule has 6 heteroatoms. The van der Waals surface area contributed by atoms with Crippen molar-refractivity contribution in [2.45, 2.75) is 6.42 Å². The third-order valence-corrected chi connectivity index (χ3v) is 3.73. The lowest BCUT2D eigenvalue weighted by molar-refractivity contribution is -0.125. The summed E-state index contributed by atoms with van der Waals surface area (Å²) in [5.41, 5.74) is 5.98. The number of primary amides is 1. The number of hydrogen-bond donors (Lipinski definition) is 1. The van der Waals surface area contributed by atoms with E-state index in [2.05, 4.69) is 0 Å². The van der Waals surface area contributed by atoms with Gasteiger partial charge in [-0.2, -0.15) is 0 Å². The van der Waals surface area contributed by atoms with Gasteiger partial charge < -0.3 is 15.4 Å². The van der Waals surface area contributed by atoms with E-state index in [1.807, 2.05) is 0 Å². The SMILES string of the molecule is COc1ccc(Cl)cc1/C=C/C(=O)N1CCC(C(N)=O)C1. The van der Waals surface area contributed by atoms with Gasteiger partial charge in [-0.1, -0.05) is 11.6 Å². The lowest BCUT2D eigenvalue weighted by atomic mass is 10.1. The quantitative estimate of drug-likeness (QED) is 0.860. The lowest BCUT2D eigenvalue weighted by Gasteiger charge is -2.13. The van der Waals surface area contributed by atoms with Crippen LogP contribution in [-0.4, -0.2) is 36.9 Å². The maximum absolute atomic E-state index is 12.1. The van der Waals surface area contributed by atoms with Crippen molar-refractivity contribution in [3.63, 3.8) is 0 Å². The fourth-order valence-electron chi connectivity index (χ4n) is 2.29. The summed E-state index contributed by atoms with van der Waals surface area (Å²) in [5.74, 6) is -0.116. The van der Waals surface area contributed by atoms with Crippen molar-refractivity contribution in [2.75, 3.05) is 20.2 Å². The molecule has 2 N–H and O–H groups in total. The van der Waals surface area contributed by atoms with E-state index in [0.29, 0.717) is 30.3 Å². The predicted octanol–water partition coefficient (Wildman–Crippen LogP) is 1.70. The van der Waals surface area contributed by atoms with Crippen LogP contribution >= 0.6 is 11.6 Å². The van der Waals surface area contributed by atoms with Crippen LogP contribution in [0.5, 0.6) is 5.75 Å². The maximum Gasteiger partial charge on any atom is 0.246 e. The molecular weight excluding hydrogens is 292 g/mol. The summed E-state index contributed by atoms with van der Waals surface area (Å²) in [6.07, 6.45) is 3.73. The molecule has 1 aromatic rings. The molecule has 0 radical (unpaired) electrons. The first-order valence-corrected chi connectivity index (χ1v) is 6.99. The Labute approximate surface area is 128 Å². The smallest absolute Gasteiger partial charge is 0.246 e. The normalized spacial score (nSPS) is 18.2. The largest absolute Gasteiger partial charge is 0.496 e. The van der Waals surface area contributed by atoms with E-state index in [4.69, 9.17) is 22.1 Å². The molecule has 2 rings (SSSR count). The molecule has 21 heavy (non-hydrogen) atoms. The third-order valence-electron chi connectivity index (χ3n) is 3.50. The molecule has 0 aliphatic carbocycles. The van der Waals surface area contributed by atoms with Crippen molar-refractivity contribution in [2.24, 2.45) is 11.7 Å². The summed E-state index contributed by atoms with van der Waals surface area (Å²) in [7, 11) is 1.56. The Hall–Kier alpha value is -2.01. The second-order valence-corrected chi connectivity index (χ2v) is 5.33. The van der Waals surface area contributed by atoms with E-state index in [-0.39, 0.29) is 17.7 Å². The summed E-state index contributed by atoms with van der Waals surface area (Å²) in [4.78, 5) is 24.8. The van der Waals surface area contributed by atoms with Gasteiger partial charge in [-0.3, -0.25) is 9.59 Å². The Bertz CT molecular complexity index is 586. The number of halogens is 1. The van der Waals surface area contributed by atoms with Crippen LogP contribution in [0.15, 0.2) is 24.3 Å². The van der Waals surface area contributed by atoms with Gasteiger partial charge in [-0.15, -0.1) is 0 Å². The highest BCUT2D eigenvalue weighted by Gasteiger charge is 2.28. The zero-order valence-electron chi connectivity index (χ0n) is 11.7. The van der Waals surface area contributed by atoms with Crippen molar-refractivity contribution in [3.05, 3.63) is 34.9 Å². The van der Waals surface area contributed by atoms with Crippen LogP contribution in [0, 0.1) is 5.92 Å². The Morgan fingerprint density at radius 3 is 2.86 bits per heavy atom. The Morgan fingerprint density at radius 1 is 1.48 bits per heavy atom. The number of benzene rings is 1. The molecule has 1 aliphatic rings. The summed E-state index contributed by atoms with van der Waals surface area (Å²) in [6.45, 7) is 0.925. The van der Waals surface area contributed by atoms with Gasteiger partial charge in [0.1, 0.15) is 5.75 Å². The molecule has 1 fully saturated rings. The second-order valence-electron chi connectivity index (χ2n) is 4.89. The van der Waals surface area contributed by atoms with E-state index in [1.54, 1.807) is 36.3 Å². The number of hydrogen-bond acceptors (Lipinski definition) is 3. The predicted molar refractivity (Wildman–Crippen MR) is 80.9 cm³/mol. The summed E-state index contributed by atoms with van der Waals surface area (Å²) in [6, 6.07) is 5.18. The van der Waals surface area contributed by atoms with Crippen LogP contribution in [0.25, 0.3) is 6.08 Å². The van der Waals surface area contributed by atoms with E-state index < -0.39 is 0 Å². The van der Waals surface area contributed by atoms with Gasteiger partial charge in [-0.05, 0) is 30.7 Å². The molecular formula is C15H17ClN2O3. The number of nitrogens with zero attached hydrogens (tertiary/aromatic N) is 1. The van der Waals surface area contributed by atoms with E-state index in [0.717, 1.165) is 5.56 Å². The molecule has 0 bridgehead atoms. The third kappa shape index (κ3) is 3.76. The molecule has 1 aliphatic heterocycles. The number of carbonyl (C=O) groups excluding carboxylic acids is 2. The fraction of sp³-hybridized carbons (Fsp3) is 0.333. The van der Waals surface area contributed by atoms with Crippen molar-refractivity contribution < 1.29 is 14.3 Å². The number of amides is 2. The molecule has 1 unspecified atom stereocenters. The number of carbonyl (C=O) groups is 2. The zero-order chi connectivity index (χ0) is 15.4. The topological polar surface area (TPSA) is 72.6 Å². The minimum Gasteiger partial charge on any atom is -0.496 e. The summed E-state index contributed by atoms with van der Waals surface area (Å²) < 4.78 is 5.21. The monoisotopic (exact) mass is 308 g/mol. The van der Waals surface area contributed by atoms with Crippen molar-refractivity contribution in [1.82, 2.24) is 4.90 Å². The van der Waals surface area contributed by atoms with E-state index in [1.165, 1.54) is 6.08 Å². The standard InChI is InChI=1S/C15H17ClN2O3/c1-21-13-4-3-12(16)8-10(13)2-5-14(19)18-7-6-11(9-18)15(17)20/h2-5,8,11H,6-7,9H2,1H3,(H2,17,20)/b5-2+. The number of methoxy groups -OCH3 is 1. The number of nitrogens with two attached hydrogens (primary N) is 1. The van der Waals surface area contributed by atoms with Crippen molar-refractivity contribution >= 4 is 29.5 Å². The molecule has 1 atom stereocenters. The zero-order valence-corrected chi connectivity index (χ0v) is 12.5. The Morgan fingerprint density at radius 2 is 2.24 bits per heavy atom. The van der Waals surface area contributed by atoms with E-state index >= 15 is 0 Å². The molecule has 5 nitrogen and oxygen atoms in total. The minimum atomic E-state index is -0.356. The first-order valence-electron chi connectivity index (χ1n) is 6.61. The van der Waals surface area contributed by atoms with Crippen LogP contribution in [0.4, 0.5) is 0 Å². The van der Waals surface area contributed by atoms with Gasteiger partial charge in [0.05, 0.1) is 13.0 Å². The fourth-order valence-corrected chi connectivity index (χ4v) is 2.48. The van der Waals surface area contributed by atoms with Crippen molar-refractivity contribution in [1.29, 1.82) is 0 Å². The molecule has 0 saturated carbocycles. The maximum atomic E-state index is 12.1. The molecule has 0 spiro atoms. The lowest BCUT2D eigenvalue weighted by Crippen LogP contribution is -2.30. The molecule has 112 valence electrons. The molecule has 1 aromatic carbocycles. The van der Waals surface area contributed by atoms with Crippen LogP contribution in [0.3, 0.4) is 0 Å². The van der Waals surface area contributed by atoms with Gasteiger partial charge in [0.15, 0.2) is 0 Å². The van der Waals surface area contributed by atoms with Crippen LogP contribution in [0.1, 0.15) is 12.0 Å². The highest BCUT2D eigenvalue weighted by molar-refractivity contribution is 6.30. The van der Waals surface area contributed by atoms with Crippen LogP contribution in [-0.2, 0) is 9.59 Å². The number of rotatable bonds is 4. The van der Waals surface area contributed by atoms with Gasteiger partial charge in [0.25, 0.3) is 0 Å². The average molecular weight is 309 g/mol. The summed E-state index contributed by atoms with van der Waals surface area (Å²) in [5, 5.41) is 0.567. The van der Waals surface area contributed by atoms with Crippen LogP contribution in [0.2, 0.25) is 5.02 Å². The van der Waals surface area contributed by atoms with Crippen LogP contribution < -0.4 is 10.5 Å². The number of likely N-dealkylation sites (tertiary alicyclic amines) is 1. The average Bonchev–Trinajstić information content (AvgIpc) is 2.95. The van der Waals surface area contributed by atoms with Gasteiger partial charge in [0, 0.05) is 29.8 Å². The second kappa shape index (κ2) is 6.63. The molecule has 1 heterocycles. The van der Waals surface area contributed by atoms with Crippen molar-refractivity contribution in [3.8, 4) is 5.75 Å². The first-order chi connectivity index (χ1) is 10.0. The Kier molecular flexibility index (Phi) is 4.85. The Balaban J connectivity index is 2.06. The molecule has 0 aromatic heterocycles. The van der Waals surface area contributed by atoms with Gasteiger partial charge in [-0.25, -0.2) is 0 Å². The summed E-state index contributed by atoms with van der Waals surface area (Å²) >= 11 is 5.93. The minimum absolute atomic E-state index is 0.152. The molecule has 2 amide bonds. The number of ether oxygens (including phenoxy) is 1. The highest BCUT2D eigenvalue weighted by atomic mass is 35.5. The highest BCUT2D eigenvalue weighted by Crippen LogP contribution is 2.24. The first kappa shape index (κ1) is 15.4. The molecule has 1 saturated heterocycles. The van der Waals surface area contributed by atoms with Gasteiger partial charge >= 0.3 is 0 Å². The van der Waals surface area contributed by atoms with E-state index in [9.17, 15) is 9.59 Å².